The molecule has 2 fully saturated rings. The first-order chi connectivity index (χ1) is 9.51. The van der Waals surface area contributed by atoms with Crippen molar-refractivity contribution >= 4 is 35.5 Å². The molecule has 118 valence electrons. The zero-order valence-corrected chi connectivity index (χ0v) is 13.1. The van der Waals surface area contributed by atoms with Crippen LogP contribution in [0, 0.1) is 0 Å². The van der Waals surface area contributed by atoms with Crippen LogP contribution in [0.4, 0.5) is 9.59 Å². The van der Waals surface area contributed by atoms with Gasteiger partial charge in [-0.2, -0.15) is 0 Å². The highest BCUT2D eigenvalue weighted by Crippen LogP contribution is 2.15. The predicted molar refractivity (Wildman–Crippen MR) is 75.8 cm³/mol. The molecule has 21 heavy (non-hydrogen) atoms. The SMILES string of the molecule is CC1(C)NC(=O)N(CCCl)C1=O.CC1(C)NC(=O)NC1=O. The van der Waals surface area contributed by atoms with Gasteiger partial charge in [0.1, 0.15) is 11.1 Å². The molecule has 0 aromatic heterocycles. The van der Waals surface area contributed by atoms with Crippen LogP contribution in [0.2, 0.25) is 0 Å². The van der Waals surface area contributed by atoms with Crippen LogP contribution in [0.25, 0.3) is 0 Å². The summed E-state index contributed by atoms with van der Waals surface area (Å²) in [5.41, 5.74) is -1.50. The first kappa shape index (κ1) is 17.2. The Kier molecular flexibility index (Phi) is 4.83. The summed E-state index contributed by atoms with van der Waals surface area (Å²) in [5, 5.41) is 7.12. The Labute approximate surface area is 127 Å². The molecule has 0 aliphatic carbocycles. The van der Waals surface area contributed by atoms with E-state index in [9.17, 15) is 19.2 Å². The lowest BCUT2D eigenvalue weighted by Crippen LogP contribution is -2.40. The lowest BCUT2D eigenvalue weighted by atomic mass is 10.1. The van der Waals surface area contributed by atoms with Crippen LogP contribution in [0.5, 0.6) is 0 Å². The number of nitrogens with one attached hydrogen (secondary N) is 3. The summed E-state index contributed by atoms with van der Waals surface area (Å²) in [6, 6.07) is -0.768. The Morgan fingerprint density at radius 3 is 1.81 bits per heavy atom. The van der Waals surface area contributed by atoms with E-state index in [1.807, 2.05) is 0 Å². The van der Waals surface area contributed by atoms with Gasteiger partial charge in [0.15, 0.2) is 0 Å². The van der Waals surface area contributed by atoms with E-state index in [-0.39, 0.29) is 30.3 Å². The fraction of sp³-hybridized carbons (Fsp3) is 0.667. The molecule has 0 atom stereocenters. The average Bonchev–Trinajstić information content (AvgIpc) is 2.66. The molecule has 0 bridgehead atoms. The van der Waals surface area contributed by atoms with E-state index >= 15 is 0 Å². The van der Waals surface area contributed by atoms with E-state index in [1.54, 1.807) is 27.7 Å². The van der Waals surface area contributed by atoms with Gasteiger partial charge in [0.25, 0.3) is 11.8 Å². The number of carbonyl (C=O) groups is 4. The minimum Gasteiger partial charge on any atom is -0.324 e. The molecule has 2 rings (SSSR count). The van der Waals surface area contributed by atoms with E-state index in [0.29, 0.717) is 0 Å². The Bertz CT molecular complexity index is 490. The molecule has 2 saturated heterocycles. The topological polar surface area (TPSA) is 108 Å². The number of hydrogen-bond acceptors (Lipinski definition) is 4. The molecule has 0 radical (unpaired) electrons. The van der Waals surface area contributed by atoms with Crippen molar-refractivity contribution in [3.8, 4) is 0 Å². The van der Waals surface area contributed by atoms with Crippen molar-refractivity contribution in [2.45, 2.75) is 38.8 Å². The summed E-state index contributed by atoms with van der Waals surface area (Å²) in [4.78, 5) is 44.8. The lowest BCUT2D eigenvalue weighted by Gasteiger charge is -2.14. The molecule has 2 aliphatic rings. The van der Waals surface area contributed by atoms with Crippen molar-refractivity contribution in [2.75, 3.05) is 12.4 Å². The minimum absolute atomic E-state index is 0.215. The van der Waals surface area contributed by atoms with Gasteiger partial charge < -0.3 is 10.6 Å². The second-order valence-electron chi connectivity index (χ2n) is 5.73. The highest BCUT2D eigenvalue weighted by Gasteiger charge is 2.43. The quantitative estimate of drug-likeness (QED) is 0.498. The van der Waals surface area contributed by atoms with Gasteiger partial charge >= 0.3 is 12.1 Å². The van der Waals surface area contributed by atoms with Crippen LogP contribution in [-0.4, -0.2) is 52.3 Å². The van der Waals surface area contributed by atoms with E-state index in [0.717, 1.165) is 4.90 Å². The number of hydrogen-bond donors (Lipinski definition) is 3. The molecule has 0 spiro atoms. The second kappa shape index (κ2) is 5.88. The van der Waals surface area contributed by atoms with Crippen LogP contribution in [-0.2, 0) is 9.59 Å². The summed E-state index contributed by atoms with van der Waals surface area (Å²) < 4.78 is 0. The summed E-state index contributed by atoms with van der Waals surface area (Å²) >= 11 is 5.43. The third kappa shape index (κ3) is 3.84. The molecule has 0 aromatic rings. The minimum atomic E-state index is -0.775. The smallest absolute Gasteiger partial charge is 0.324 e. The van der Waals surface area contributed by atoms with Gasteiger partial charge in [-0.25, -0.2) is 9.59 Å². The van der Waals surface area contributed by atoms with Gasteiger partial charge in [-0.1, -0.05) is 0 Å². The van der Waals surface area contributed by atoms with Crippen LogP contribution >= 0.6 is 11.6 Å². The van der Waals surface area contributed by atoms with Crippen molar-refractivity contribution in [3.05, 3.63) is 0 Å². The number of carbonyl (C=O) groups excluding carboxylic acids is 4. The van der Waals surface area contributed by atoms with Crippen molar-refractivity contribution in [2.24, 2.45) is 0 Å². The van der Waals surface area contributed by atoms with Crippen molar-refractivity contribution in [3.63, 3.8) is 0 Å². The summed E-state index contributed by atoms with van der Waals surface area (Å²) in [7, 11) is 0. The van der Waals surface area contributed by atoms with Crippen LogP contribution in [0.1, 0.15) is 27.7 Å². The van der Waals surface area contributed by atoms with E-state index < -0.39 is 17.1 Å². The third-order valence-electron chi connectivity index (χ3n) is 2.97. The third-order valence-corrected chi connectivity index (χ3v) is 3.14. The van der Waals surface area contributed by atoms with Gasteiger partial charge in [0.2, 0.25) is 0 Å². The highest BCUT2D eigenvalue weighted by atomic mass is 35.5. The van der Waals surface area contributed by atoms with Crippen LogP contribution < -0.4 is 16.0 Å². The molecule has 0 unspecified atom stereocenters. The zero-order chi connectivity index (χ0) is 16.4. The van der Waals surface area contributed by atoms with Gasteiger partial charge in [0, 0.05) is 12.4 Å². The summed E-state index contributed by atoms with van der Waals surface area (Å²) in [6.07, 6.45) is 0. The van der Waals surface area contributed by atoms with E-state index in [2.05, 4.69) is 16.0 Å². The second-order valence-corrected chi connectivity index (χ2v) is 6.11. The number of rotatable bonds is 2. The summed E-state index contributed by atoms with van der Waals surface area (Å²) in [5.74, 6) is -0.212. The average molecular weight is 319 g/mol. The molecule has 8 nitrogen and oxygen atoms in total. The van der Waals surface area contributed by atoms with E-state index in [4.69, 9.17) is 11.6 Å². The molecule has 2 aliphatic heterocycles. The van der Waals surface area contributed by atoms with Gasteiger partial charge in [-0.15, -0.1) is 11.6 Å². The predicted octanol–water partition coefficient (Wildman–Crippen LogP) is 0.160. The van der Waals surface area contributed by atoms with Crippen LogP contribution in [0.3, 0.4) is 0 Å². The molecule has 0 saturated carbocycles. The maximum absolute atomic E-state index is 11.4. The molecule has 3 N–H and O–H groups in total. The van der Waals surface area contributed by atoms with E-state index in [1.165, 1.54) is 0 Å². The monoisotopic (exact) mass is 318 g/mol. The summed E-state index contributed by atoms with van der Waals surface area (Å²) in [6.45, 7) is 6.90. The molecular weight excluding hydrogens is 300 g/mol. The van der Waals surface area contributed by atoms with Crippen molar-refractivity contribution in [1.82, 2.24) is 20.9 Å². The fourth-order valence-corrected chi connectivity index (χ4v) is 1.91. The standard InChI is InChI=1S/C7H11ClN2O2.C5H8N2O2/c1-7(2)5(11)10(4-3-8)6(12)9-7;1-5(2)3(8)6-4(9)7-5/h3-4H2,1-2H3,(H,9,12);1-2H3,(H2,6,7,8,9). The number of halogens is 1. The maximum Gasteiger partial charge on any atom is 0.325 e. The molecular formula is C12H19ClN4O4. The first-order valence-corrected chi connectivity index (χ1v) is 6.88. The Morgan fingerprint density at radius 1 is 1.00 bits per heavy atom. The normalized spacial score (nSPS) is 22.2. The van der Waals surface area contributed by atoms with Gasteiger partial charge in [-0.05, 0) is 27.7 Å². The number of urea groups is 2. The number of imide groups is 2. The zero-order valence-electron chi connectivity index (χ0n) is 12.4. The number of amides is 6. The Hall–Kier alpha value is -1.83. The fourth-order valence-electron chi connectivity index (χ4n) is 1.74. The van der Waals surface area contributed by atoms with Gasteiger partial charge in [-0.3, -0.25) is 19.8 Å². The molecule has 0 aromatic carbocycles. The molecule has 9 heteroatoms. The van der Waals surface area contributed by atoms with Crippen LogP contribution in [0.15, 0.2) is 0 Å². The van der Waals surface area contributed by atoms with Crippen molar-refractivity contribution < 1.29 is 19.2 Å². The Morgan fingerprint density at radius 2 is 1.57 bits per heavy atom. The largest absolute Gasteiger partial charge is 0.325 e. The maximum atomic E-state index is 11.4. The number of nitrogens with zero attached hydrogens (tertiary/aromatic N) is 1. The lowest BCUT2D eigenvalue weighted by molar-refractivity contribution is -0.130. The molecule has 6 amide bonds. The Balaban J connectivity index is 0.000000219. The number of alkyl halides is 1. The van der Waals surface area contributed by atoms with Crippen molar-refractivity contribution in [1.29, 1.82) is 0 Å². The van der Waals surface area contributed by atoms with Gasteiger partial charge in [0.05, 0.1) is 0 Å². The highest BCUT2D eigenvalue weighted by molar-refractivity contribution is 6.18. The first-order valence-electron chi connectivity index (χ1n) is 6.35. The molecule has 2 heterocycles.